The van der Waals surface area contributed by atoms with E-state index in [4.69, 9.17) is 0 Å². The van der Waals surface area contributed by atoms with Gasteiger partial charge in [-0.2, -0.15) is 0 Å². The summed E-state index contributed by atoms with van der Waals surface area (Å²) < 4.78 is 0. The lowest BCUT2D eigenvalue weighted by Gasteiger charge is -2.17. The van der Waals surface area contributed by atoms with Crippen molar-refractivity contribution < 1.29 is 0 Å². The number of benzene rings is 1. The minimum Gasteiger partial charge on any atom is -0.371 e. The number of rotatable bonds is 1. The Bertz CT molecular complexity index is 242. The monoisotopic (exact) mass is 160 g/mol. The standard InChI is InChI=1S/C11H14N/c1-10-7-8-12(9-10)11-5-3-2-4-6-11/h3-6,10H,7-9H2,1H3/t10-/m1/s1. The molecular formula is C11H14N. The first-order valence-electron chi connectivity index (χ1n) is 4.57. The predicted molar refractivity (Wildman–Crippen MR) is 51.3 cm³/mol. The molecule has 1 atom stereocenters. The SMILES string of the molecule is C[C@@H]1CCN(c2cc[c]cc2)C1. The van der Waals surface area contributed by atoms with E-state index in [9.17, 15) is 0 Å². The average molecular weight is 160 g/mol. The van der Waals surface area contributed by atoms with Crippen molar-refractivity contribution in [1.82, 2.24) is 0 Å². The second-order valence-electron chi connectivity index (χ2n) is 3.60. The Morgan fingerprint density at radius 3 is 2.75 bits per heavy atom. The van der Waals surface area contributed by atoms with Crippen molar-refractivity contribution in [1.29, 1.82) is 0 Å². The van der Waals surface area contributed by atoms with Crippen molar-refractivity contribution in [2.75, 3.05) is 18.0 Å². The Morgan fingerprint density at radius 1 is 1.42 bits per heavy atom. The maximum absolute atomic E-state index is 3.04. The molecule has 1 heterocycles. The fourth-order valence-corrected chi connectivity index (χ4v) is 1.76. The highest BCUT2D eigenvalue weighted by molar-refractivity contribution is 5.46. The summed E-state index contributed by atoms with van der Waals surface area (Å²) >= 11 is 0. The average Bonchev–Trinajstić information content (AvgIpc) is 2.54. The summed E-state index contributed by atoms with van der Waals surface area (Å²) in [7, 11) is 0. The summed E-state index contributed by atoms with van der Waals surface area (Å²) in [5, 5.41) is 0. The number of nitrogens with zero attached hydrogens (tertiary/aromatic N) is 1. The molecule has 12 heavy (non-hydrogen) atoms. The normalized spacial score (nSPS) is 23.1. The Balaban J connectivity index is 2.11. The smallest absolute Gasteiger partial charge is 0.0366 e. The van der Waals surface area contributed by atoms with Crippen LogP contribution in [0.3, 0.4) is 0 Å². The molecule has 1 aliphatic heterocycles. The first-order chi connectivity index (χ1) is 5.86. The van der Waals surface area contributed by atoms with Gasteiger partial charge < -0.3 is 4.90 Å². The first kappa shape index (κ1) is 7.66. The van der Waals surface area contributed by atoms with Crippen LogP contribution in [-0.4, -0.2) is 13.1 Å². The molecular weight excluding hydrogens is 146 g/mol. The van der Waals surface area contributed by atoms with Gasteiger partial charge in [-0.05, 0) is 30.5 Å². The minimum absolute atomic E-state index is 0.856. The number of anilines is 1. The molecule has 1 radical (unpaired) electrons. The molecule has 1 aromatic carbocycles. The summed E-state index contributed by atoms with van der Waals surface area (Å²) in [4.78, 5) is 2.44. The zero-order valence-electron chi connectivity index (χ0n) is 7.46. The third kappa shape index (κ3) is 1.45. The Kier molecular flexibility index (Phi) is 2.03. The van der Waals surface area contributed by atoms with E-state index in [0.717, 1.165) is 5.92 Å². The van der Waals surface area contributed by atoms with Crippen LogP contribution in [-0.2, 0) is 0 Å². The van der Waals surface area contributed by atoms with Gasteiger partial charge in [-0.3, -0.25) is 0 Å². The van der Waals surface area contributed by atoms with Crippen molar-refractivity contribution in [3.05, 3.63) is 30.3 Å². The molecule has 1 heteroatoms. The zero-order valence-corrected chi connectivity index (χ0v) is 7.46. The van der Waals surface area contributed by atoms with Crippen LogP contribution in [0.2, 0.25) is 0 Å². The Labute approximate surface area is 74.0 Å². The van der Waals surface area contributed by atoms with E-state index < -0.39 is 0 Å². The molecule has 0 N–H and O–H groups in total. The lowest BCUT2D eigenvalue weighted by atomic mass is 10.2. The van der Waals surface area contributed by atoms with Gasteiger partial charge in [0.25, 0.3) is 0 Å². The Hall–Kier alpha value is -0.980. The van der Waals surface area contributed by atoms with Crippen LogP contribution in [0.1, 0.15) is 13.3 Å². The predicted octanol–water partition coefficient (Wildman–Crippen LogP) is 2.33. The number of hydrogen-bond donors (Lipinski definition) is 0. The molecule has 0 aliphatic carbocycles. The van der Waals surface area contributed by atoms with Crippen molar-refractivity contribution in [3.63, 3.8) is 0 Å². The zero-order chi connectivity index (χ0) is 8.39. The largest absolute Gasteiger partial charge is 0.371 e. The molecule has 1 nitrogen and oxygen atoms in total. The molecule has 0 bridgehead atoms. The molecule has 1 aromatic rings. The third-order valence-electron chi connectivity index (χ3n) is 2.49. The van der Waals surface area contributed by atoms with Crippen molar-refractivity contribution in [2.24, 2.45) is 5.92 Å². The van der Waals surface area contributed by atoms with Gasteiger partial charge in [-0.15, -0.1) is 0 Å². The molecule has 2 rings (SSSR count). The molecule has 0 unspecified atom stereocenters. The van der Waals surface area contributed by atoms with E-state index in [1.165, 1.54) is 25.2 Å². The van der Waals surface area contributed by atoms with Gasteiger partial charge in [0.2, 0.25) is 0 Å². The molecule has 1 fully saturated rings. The third-order valence-corrected chi connectivity index (χ3v) is 2.49. The molecule has 0 saturated carbocycles. The summed E-state index contributed by atoms with van der Waals surface area (Å²) in [6.45, 7) is 4.74. The second-order valence-corrected chi connectivity index (χ2v) is 3.60. The molecule has 1 aliphatic rings. The van der Waals surface area contributed by atoms with E-state index in [1.54, 1.807) is 0 Å². The fraction of sp³-hybridized carbons (Fsp3) is 0.455. The van der Waals surface area contributed by atoms with E-state index in [-0.39, 0.29) is 0 Å². The summed E-state index contributed by atoms with van der Waals surface area (Å²) in [5.41, 5.74) is 1.35. The van der Waals surface area contributed by atoms with E-state index in [2.05, 4.69) is 30.0 Å². The lowest BCUT2D eigenvalue weighted by Crippen LogP contribution is -2.18. The topological polar surface area (TPSA) is 3.24 Å². The molecule has 63 valence electrons. The molecule has 0 amide bonds. The first-order valence-corrected chi connectivity index (χ1v) is 4.57. The van der Waals surface area contributed by atoms with Crippen molar-refractivity contribution in [3.8, 4) is 0 Å². The quantitative estimate of drug-likeness (QED) is 0.609. The van der Waals surface area contributed by atoms with Crippen LogP contribution in [0.15, 0.2) is 24.3 Å². The van der Waals surface area contributed by atoms with Crippen LogP contribution in [0, 0.1) is 12.0 Å². The highest BCUT2D eigenvalue weighted by Gasteiger charge is 2.17. The van der Waals surface area contributed by atoms with Gasteiger partial charge in [0.1, 0.15) is 0 Å². The maximum Gasteiger partial charge on any atom is 0.0366 e. The van der Waals surface area contributed by atoms with E-state index in [1.807, 2.05) is 12.1 Å². The molecule has 0 aromatic heterocycles. The van der Waals surface area contributed by atoms with Gasteiger partial charge in [-0.1, -0.05) is 19.1 Å². The van der Waals surface area contributed by atoms with Crippen molar-refractivity contribution >= 4 is 5.69 Å². The number of hydrogen-bond acceptors (Lipinski definition) is 1. The van der Waals surface area contributed by atoms with Crippen LogP contribution >= 0.6 is 0 Å². The van der Waals surface area contributed by atoms with Crippen LogP contribution < -0.4 is 4.90 Å². The van der Waals surface area contributed by atoms with Crippen molar-refractivity contribution in [2.45, 2.75) is 13.3 Å². The highest BCUT2D eigenvalue weighted by Crippen LogP contribution is 2.22. The fourth-order valence-electron chi connectivity index (χ4n) is 1.76. The van der Waals surface area contributed by atoms with Crippen LogP contribution in [0.4, 0.5) is 5.69 Å². The van der Waals surface area contributed by atoms with Gasteiger partial charge in [-0.25, -0.2) is 0 Å². The minimum atomic E-state index is 0.856. The van der Waals surface area contributed by atoms with Gasteiger partial charge in [0, 0.05) is 18.8 Å². The van der Waals surface area contributed by atoms with E-state index >= 15 is 0 Å². The van der Waals surface area contributed by atoms with Gasteiger partial charge in [0.05, 0.1) is 0 Å². The summed E-state index contributed by atoms with van der Waals surface area (Å²) in [5.74, 6) is 0.856. The van der Waals surface area contributed by atoms with E-state index in [0.29, 0.717) is 0 Å². The van der Waals surface area contributed by atoms with Crippen LogP contribution in [0.5, 0.6) is 0 Å². The van der Waals surface area contributed by atoms with Gasteiger partial charge in [0.15, 0.2) is 0 Å². The lowest BCUT2D eigenvalue weighted by molar-refractivity contribution is 0.659. The second kappa shape index (κ2) is 3.18. The summed E-state index contributed by atoms with van der Waals surface area (Å²) in [6.07, 6.45) is 1.33. The maximum atomic E-state index is 3.04. The highest BCUT2D eigenvalue weighted by atomic mass is 15.1. The molecule has 0 spiro atoms. The van der Waals surface area contributed by atoms with Gasteiger partial charge >= 0.3 is 0 Å². The Morgan fingerprint density at radius 2 is 2.17 bits per heavy atom. The van der Waals surface area contributed by atoms with Crippen LogP contribution in [0.25, 0.3) is 0 Å². The summed E-state index contributed by atoms with van der Waals surface area (Å²) in [6, 6.07) is 11.3. The molecule has 1 saturated heterocycles.